The molecule has 0 aliphatic heterocycles. The molecule has 1 N–H and O–H groups in total. The van der Waals surface area contributed by atoms with Crippen molar-refractivity contribution in [3.63, 3.8) is 0 Å². The van der Waals surface area contributed by atoms with E-state index in [2.05, 4.69) is 5.32 Å². The molecular formula is C17H15F2NO. The summed E-state index contributed by atoms with van der Waals surface area (Å²) in [5.74, 6) is 0.0528. The second-order valence-corrected chi connectivity index (χ2v) is 4.88. The van der Waals surface area contributed by atoms with E-state index in [1.807, 2.05) is 6.92 Å². The summed E-state index contributed by atoms with van der Waals surface area (Å²) >= 11 is 0. The Morgan fingerprint density at radius 2 is 1.90 bits per heavy atom. The van der Waals surface area contributed by atoms with Gasteiger partial charge in [0.1, 0.15) is 23.0 Å². The first-order valence-corrected chi connectivity index (χ1v) is 6.86. The van der Waals surface area contributed by atoms with Crippen molar-refractivity contribution >= 4 is 11.0 Å². The lowest BCUT2D eigenvalue weighted by molar-refractivity contribution is 0.592. The minimum Gasteiger partial charge on any atom is -0.456 e. The molecule has 0 bridgehead atoms. The van der Waals surface area contributed by atoms with E-state index in [9.17, 15) is 8.78 Å². The fraction of sp³-hybridized carbons (Fsp3) is 0.176. The normalized spacial score (nSPS) is 11.2. The third kappa shape index (κ3) is 2.81. The van der Waals surface area contributed by atoms with Crippen LogP contribution < -0.4 is 5.32 Å². The van der Waals surface area contributed by atoms with Crippen LogP contribution >= 0.6 is 0 Å². The molecule has 0 radical (unpaired) electrons. The maximum absolute atomic E-state index is 13.7. The van der Waals surface area contributed by atoms with Crippen molar-refractivity contribution in [2.75, 3.05) is 6.54 Å². The highest BCUT2D eigenvalue weighted by molar-refractivity contribution is 5.82. The summed E-state index contributed by atoms with van der Waals surface area (Å²) in [5.41, 5.74) is 1.98. The fourth-order valence-corrected chi connectivity index (χ4v) is 2.28. The van der Waals surface area contributed by atoms with E-state index >= 15 is 0 Å². The van der Waals surface area contributed by atoms with E-state index in [-0.39, 0.29) is 11.6 Å². The van der Waals surface area contributed by atoms with Crippen LogP contribution in [0.3, 0.4) is 0 Å². The van der Waals surface area contributed by atoms with Gasteiger partial charge in [-0.05, 0) is 49.0 Å². The SMILES string of the molecule is CCNCc1cc(-c2cc3cc(F)ccc3o2)ccc1F. The molecule has 0 aliphatic carbocycles. The minimum absolute atomic E-state index is 0.248. The van der Waals surface area contributed by atoms with E-state index in [4.69, 9.17) is 4.42 Å². The van der Waals surface area contributed by atoms with Gasteiger partial charge < -0.3 is 9.73 Å². The van der Waals surface area contributed by atoms with Gasteiger partial charge in [-0.25, -0.2) is 8.78 Å². The third-order valence-electron chi connectivity index (χ3n) is 3.37. The monoisotopic (exact) mass is 287 g/mol. The summed E-state index contributed by atoms with van der Waals surface area (Å²) in [6.07, 6.45) is 0. The highest BCUT2D eigenvalue weighted by atomic mass is 19.1. The second-order valence-electron chi connectivity index (χ2n) is 4.88. The Kier molecular flexibility index (Phi) is 3.71. The Labute approximate surface area is 121 Å². The lowest BCUT2D eigenvalue weighted by atomic mass is 10.1. The first-order chi connectivity index (χ1) is 10.2. The number of rotatable bonds is 4. The van der Waals surface area contributed by atoms with Gasteiger partial charge in [0.05, 0.1) is 0 Å². The van der Waals surface area contributed by atoms with E-state index in [1.165, 1.54) is 18.2 Å². The van der Waals surface area contributed by atoms with Gasteiger partial charge in [-0.2, -0.15) is 0 Å². The fourth-order valence-electron chi connectivity index (χ4n) is 2.28. The topological polar surface area (TPSA) is 25.2 Å². The molecule has 2 nitrogen and oxygen atoms in total. The summed E-state index contributed by atoms with van der Waals surface area (Å²) in [6, 6.07) is 11.0. The molecule has 108 valence electrons. The molecule has 4 heteroatoms. The van der Waals surface area contributed by atoms with Gasteiger partial charge in [0, 0.05) is 23.1 Å². The van der Waals surface area contributed by atoms with Crippen molar-refractivity contribution in [1.29, 1.82) is 0 Å². The van der Waals surface area contributed by atoms with Gasteiger partial charge in [0.25, 0.3) is 0 Å². The smallest absolute Gasteiger partial charge is 0.135 e. The van der Waals surface area contributed by atoms with Crippen molar-refractivity contribution in [2.45, 2.75) is 13.5 Å². The van der Waals surface area contributed by atoms with Crippen LogP contribution in [0, 0.1) is 11.6 Å². The molecule has 0 fully saturated rings. The summed E-state index contributed by atoms with van der Waals surface area (Å²) in [7, 11) is 0. The summed E-state index contributed by atoms with van der Waals surface area (Å²) in [5, 5.41) is 3.79. The first kappa shape index (κ1) is 13.8. The van der Waals surface area contributed by atoms with Crippen LogP contribution in [0.25, 0.3) is 22.3 Å². The Morgan fingerprint density at radius 3 is 2.71 bits per heavy atom. The lowest BCUT2D eigenvalue weighted by Crippen LogP contribution is -2.12. The van der Waals surface area contributed by atoms with E-state index in [1.54, 1.807) is 24.3 Å². The van der Waals surface area contributed by atoms with E-state index < -0.39 is 0 Å². The zero-order chi connectivity index (χ0) is 14.8. The zero-order valence-electron chi connectivity index (χ0n) is 11.6. The molecule has 2 aromatic carbocycles. The van der Waals surface area contributed by atoms with Gasteiger partial charge in [0.15, 0.2) is 0 Å². The number of halogens is 2. The highest BCUT2D eigenvalue weighted by Crippen LogP contribution is 2.29. The Morgan fingerprint density at radius 1 is 1.05 bits per heavy atom. The number of nitrogens with one attached hydrogen (secondary N) is 1. The quantitative estimate of drug-likeness (QED) is 0.765. The molecule has 0 atom stereocenters. The van der Waals surface area contributed by atoms with E-state index in [0.717, 1.165) is 12.1 Å². The van der Waals surface area contributed by atoms with Crippen LogP contribution in [-0.4, -0.2) is 6.54 Å². The van der Waals surface area contributed by atoms with Crippen LogP contribution in [0.4, 0.5) is 8.78 Å². The predicted molar refractivity (Wildman–Crippen MR) is 78.9 cm³/mol. The number of fused-ring (bicyclic) bond motifs is 1. The molecule has 0 aliphatic rings. The molecule has 1 aromatic heterocycles. The first-order valence-electron chi connectivity index (χ1n) is 6.86. The Bertz CT molecular complexity index is 780. The van der Waals surface area contributed by atoms with Crippen LogP contribution in [0.5, 0.6) is 0 Å². The maximum Gasteiger partial charge on any atom is 0.135 e. The van der Waals surface area contributed by atoms with Crippen molar-refractivity contribution < 1.29 is 13.2 Å². The number of hydrogen-bond acceptors (Lipinski definition) is 2. The Balaban J connectivity index is 2.01. The van der Waals surface area contributed by atoms with Gasteiger partial charge >= 0.3 is 0 Å². The van der Waals surface area contributed by atoms with Crippen molar-refractivity contribution in [1.82, 2.24) is 5.32 Å². The molecule has 21 heavy (non-hydrogen) atoms. The van der Waals surface area contributed by atoms with Gasteiger partial charge in [-0.3, -0.25) is 0 Å². The summed E-state index contributed by atoms with van der Waals surface area (Å²) < 4.78 is 32.7. The van der Waals surface area contributed by atoms with Crippen molar-refractivity contribution in [3.8, 4) is 11.3 Å². The zero-order valence-corrected chi connectivity index (χ0v) is 11.6. The molecule has 0 saturated carbocycles. The third-order valence-corrected chi connectivity index (χ3v) is 3.37. The van der Waals surface area contributed by atoms with Crippen LogP contribution in [0.2, 0.25) is 0 Å². The molecule has 3 rings (SSSR count). The number of furan rings is 1. The minimum atomic E-state index is -0.304. The molecule has 0 amide bonds. The van der Waals surface area contributed by atoms with Gasteiger partial charge in [-0.1, -0.05) is 6.92 Å². The predicted octanol–water partition coefficient (Wildman–Crippen LogP) is 4.49. The van der Waals surface area contributed by atoms with Crippen LogP contribution in [0.15, 0.2) is 46.9 Å². The molecule has 3 aromatic rings. The van der Waals surface area contributed by atoms with Gasteiger partial charge in [-0.15, -0.1) is 0 Å². The van der Waals surface area contributed by atoms with E-state index in [0.29, 0.717) is 28.8 Å². The van der Waals surface area contributed by atoms with Crippen molar-refractivity contribution in [3.05, 3.63) is 59.7 Å². The van der Waals surface area contributed by atoms with Crippen LogP contribution in [-0.2, 0) is 6.54 Å². The molecular weight excluding hydrogens is 272 g/mol. The molecule has 0 spiro atoms. The largest absolute Gasteiger partial charge is 0.456 e. The number of benzene rings is 2. The molecule has 0 unspecified atom stereocenters. The second kappa shape index (κ2) is 5.66. The number of hydrogen-bond donors (Lipinski definition) is 1. The highest BCUT2D eigenvalue weighted by Gasteiger charge is 2.10. The average Bonchev–Trinajstić information content (AvgIpc) is 2.89. The molecule has 0 saturated heterocycles. The average molecular weight is 287 g/mol. The lowest BCUT2D eigenvalue weighted by Gasteiger charge is -2.05. The summed E-state index contributed by atoms with van der Waals surface area (Å²) in [4.78, 5) is 0. The maximum atomic E-state index is 13.7. The van der Waals surface area contributed by atoms with Crippen LogP contribution in [0.1, 0.15) is 12.5 Å². The molecule has 1 heterocycles. The van der Waals surface area contributed by atoms with Crippen molar-refractivity contribution in [2.24, 2.45) is 0 Å². The van der Waals surface area contributed by atoms with Gasteiger partial charge in [0.2, 0.25) is 0 Å². The Hall–Kier alpha value is -2.20. The summed E-state index contributed by atoms with van der Waals surface area (Å²) in [6.45, 7) is 3.20. The standard InChI is InChI=1S/C17H15F2NO/c1-2-20-10-13-7-11(3-5-15(13)19)17-9-12-8-14(18)4-6-16(12)21-17/h3-9,20H,2,10H2,1H3.